The number of hydrogen-bond acceptors (Lipinski definition) is 3. The fourth-order valence-corrected chi connectivity index (χ4v) is 2.63. The van der Waals surface area contributed by atoms with Crippen molar-refractivity contribution in [3.05, 3.63) is 35.9 Å². The van der Waals surface area contributed by atoms with E-state index in [1.54, 1.807) is 13.8 Å². The summed E-state index contributed by atoms with van der Waals surface area (Å²) in [6, 6.07) is 9.40. The first kappa shape index (κ1) is 18.0. The van der Waals surface area contributed by atoms with Crippen molar-refractivity contribution in [2.24, 2.45) is 5.92 Å². The maximum absolute atomic E-state index is 12.1. The molecule has 0 aromatic heterocycles. The third-order valence-corrected chi connectivity index (χ3v) is 3.36. The number of ether oxygens (including phenoxy) is 1. The number of carboxylic acids is 1. The Morgan fingerprint density at radius 2 is 1.82 bits per heavy atom. The van der Waals surface area contributed by atoms with Gasteiger partial charge in [-0.1, -0.05) is 44.2 Å². The molecule has 1 rings (SSSR count). The average Bonchev–Trinajstić information content (AvgIpc) is 2.36. The van der Waals surface area contributed by atoms with E-state index in [-0.39, 0.29) is 12.3 Å². The van der Waals surface area contributed by atoms with Gasteiger partial charge >= 0.3 is 12.1 Å². The van der Waals surface area contributed by atoms with Gasteiger partial charge in [-0.3, -0.25) is 4.79 Å². The van der Waals surface area contributed by atoms with Gasteiger partial charge in [-0.25, -0.2) is 4.79 Å². The normalized spacial score (nSPS) is 15.0. The smallest absolute Gasteiger partial charge is 0.408 e. The lowest BCUT2D eigenvalue weighted by atomic mass is 9.88. The molecule has 2 atom stereocenters. The first-order valence-electron chi connectivity index (χ1n) is 7.47. The summed E-state index contributed by atoms with van der Waals surface area (Å²) in [5, 5.41) is 11.8. The van der Waals surface area contributed by atoms with Crippen LogP contribution in [0.4, 0.5) is 4.79 Å². The zero-order valence-electron chi connectivity index (χ0n) is 13.6. The number of carboxylic acid groups (broad SMARTS) is 1. The molecule has 0 heterocycles. The average molecular weight is 307 g/mol. The molecule has 1 aromatic carbocycles. The highest BCUT2D eigenvalue weighted by molar-refractivity contribution is 5.72. The Balaban J connectivity index is 2.68. The summed E-state index contributed by atoms with van der Waals surface area (Å²) in [5.74, 6) is -0.684. The zero-order valence-corrected chi connectivity index (χ0v) is 13.6. The van der Waals surface area contributed by atoms with E-state index in [2.05, 4.69) is 5.32 Å². The van der Waals surface area contributed by atoms with E-state index in [1.807, 2.05) is 44.2 Å². The third kappa shape index (κ3) is 6.16. The molecule has 5 nitrogen and oxygen atoms in total. The van der Waals surface area contributed by atoms with Gasteiger partial charge in [0.15, 0.2) is 0 Å². The molecule has 0 aliphatic carbocycles. The number of nitrogens with one attached hydrogen (secondary N) is 1. The monoisotopic (exact) mass is 307 g/mol. The van der Waals surface area contributed by atoms with E-state index < -0.39 is 23.7 Å². The Morgan fingerprint density at radius 3 is 2.32 bits per heavy atom. The first-order valence-corrected chi connectivity index (χ1v) is 7.47. The van der Waals surface area contributed by atoms with Crippen LogP contribution in [0.15, 0.2) is 30.3 Å². The fourth-order valence-electron chi connectivity index (χ4n) is 2.63. The van der Waals surface area contributed by atoms with Crippen LogP contribution in [0.25, 0.3) is 0 Å². The summed E-state index contributed by atoms with van der Waals surface area (Å²) in [7, 11) is 0. The molecular formula is C17H25NO4. The Hall–Kier alpha value is -2.04. The van der Waals surface area contributed by atoms with Crippen molar-refractivity contribution in [3.63, 3.8) is 0 Å². The van der Waals surface area contributed by atoms with Crippen molar-refractivity contribution in [1.29, 1.82) is 0 Å². The van der Waals surface area contributed by atoms with Gasteiger partial charge < -0.3 is 15.2 Å². The fraction of sp³-hybridized carbons (Fsp3) is 0.529. The SMILES string of the molecule is CC(C)CC(C)(CC(=O)O)NC(=O)OC(C)c1ccccc1. The number of hydrogen-bond donors (Lipinski definition) is 2. The molecule has 22 heavy (non-hydrogen) atoms. The van der Waals surface area contributed by atoms with Crippen LogP contribution in [0, 0.1) is 5.92 Å². The van der Waals surface area contributed by atoms with Crippen LogP contribution in [0.1, 0.15) is 52.2 Å². The predicted molar refractivity (Wildman–Crippen MR) is 84.6 cm³/mol. The number of amides is 1. The van der Waals surface area contributed by atoms with Gasteiger partial charge in [0, 0.05) is 0 Å². The van der Waals surface area contributed by atoms with Gasteiger partial charge in [0.25, 0.3) is 0 Å². The summed E-state index contributed by atoms with van der Waals surface area (Å²) in [5.41, 5.74) is 0.0643. The van der Waals surface area contributed by atoms with Crippen LogP contribution < -0.4 is 5.32 Å². The molecule has 2 N–H and O–H groups in total. The van der Waals surface area contributed by atoms with E-state index in [4.69, 9.17) is 9.84 Å². The largest absolute Gasteiger partial charge is 0.481 e. The van der Waals surface area contributed by atoms with Gasteiger partial charge in [-0.15, -0.1) is 0 Å². The van der Waals surface area contributed by atoms with Crippen molar-refractivity contribution in [2.75, 3.05) is 0 Å². The summed E-state index contributed by atoms with van der Waals surface area (Å²) in [6.07, 6.45) is -0.566. The van der Waals surface area contributed by atoms with Crippen LogP contribution in [0.2, 0.25) is 0 Å². The number of carbonyl (C=O) groups excluding carboxylic acids is 1. The van der Waals surface area contributed by atoms with Crippen molar-refractivity contribution in [2.45, 2.75) is 52.2 Å². The van der Waals surface area contributed by atoms with Crippen LogP contribution in [-0.4, -0.2) is 22.7 Å². The maximum atomic E-state index is 12.1. The summed E-state index contributed by atoms with van der Waals surface area (Å²) in [4.78, 5) is 23.1. The van der Waals surface area contributed by atoms with Crippen molar-refractivity contribution >= 4 is 12.1 Å². The summed E-state index contributed by atoms with van der Waals surface area (Å²) < 4.78 is 5.35. The summed E-state index contributed by atoms with van der Waals surface area (Å²) >= 11 is 0. The first-order chi connectivity index (χ1) is 10.2. The minimum atomic E-state index is -0.945. The molecule has 0 fully saturated rings. The van der Waals surface area contributed by atoms with E-state index in [9.17, 15) is 9.59 Å². The minimum absolute atomic E-state index is 0.139. The third-order valence-electron chi connectivity index (χ3n) is 3.36. The van der Waals surface area contributed by atoms with Gasteiger partial charge in [0.1, 0.15) is 6.10 Å². The molecule has 0 saturated carbocycles. The molecule has 0 aliphatic heterocycles. The van der Waals surface area contributed by atoms with E-state index in [0.717, 1.165) is 5.56 Å². The molecule has 0 spiro atoms. The molecule has 2 unspecified atom stereocenters. The molecule has 1 aromatic rings. The minimum Gasteiger partial charge on any atom is -0.481 e. The predicted octanol–water partition coefficient (Wildman–Crippen LogP) is 3.75. The number of aliphatic carboxylic acids is 1. The molecule has 0 saturated heterocycles. The highest BCUT2D eigenvalue weighted by atomic mass is 16.6. The number of alkyl carbamates (subject to hydrolysis) is 1. The lowest BCUT2D eigenvalue weighted by Gasteiger charge is -2.31. The van der Waals surface area contributed by atoms with Crippen LogP contribution >= 0.6 is 0 Å². The quantitative estimate of drug-likeness (QED) is 0.804. The zero-order chi connectivity index (χ0) is 16.8. The van der Waals surface area contributed by atoms with Gasteiger partial charge in [-0.05, 0) is 31.7 Å². The summed E-state index contributed by atoms with van der Waals surface area (Å²) in [6.45, 7) is 7.49. The second-order valence-corrected chi connectivity index (χ2v) is 6.31. The topological polar surface area (TPSA) is 75.6 Å². The maximum Gasteiger partial charge on any atom is 0.408 e. The lowest BCUT2D eigenvalue weighted by Crippen LogP contribution is -2.48. The van der Waals surface area contributed by atoms with Crippen LogP contribution in [-0.2, 0) is 9.53 Å². The Kier molecular flexibility index (Phi) is 6.40. The van der Waals surface area contributed by atoms with E-state index in [0.29, 0.717) is 6.42 Å². The van der Waals surface area contributed by atoms with E-state index in [1.165, 1.54) is 0 Å². The molecule has 0 radical (unpaired) electrons. The Morgan fingerprint density at radius 1 is 1.23 bits per heavy atom. The van der Waals surface area contributed by atoms with Crippen molar-refractivity contribution in [1.82, 2.24) is 5.32 Å². The van der Waals surface area contributed by atoms with E-state index >= 15 is 0 Å². The molecule has 5 heteroatoms. The molecular weight excluding hydrogens is 282 g/mol. The molecule has 122 valence electrons. The Labute approximate surface area is 131 Å². The van der Waals surface area contributed by atoms with Crippen LogP contribution in [0.3, 0.4) is 0 Å². The van der Waals surface area contributed by atoms with Gasteiger partial charge in [-0.2, -0.15) is 0 Å². The van der Waals surface area contributed by atoms with Crippen LogP contribution in [0.5, 0.6) is 0 Å². The highest BCUT2D eigenvalue weighted by Crippen LogP contribution is 2.22. The molecule has 1 amide bonds. The Bertz CT molecular complexity index is 501. The standard InChI is InChI=1S/C17H25NO4/c1-12(2)10-17(4,11-15(19)20)18-16(21)22-13(3)14-8-6-5-7-9-14/h5-9,12-13H,10-11H2,1-4H3,(H,18,21)(H,19,20). The molecule has 0 aliphatic rings. The number of benzene rings is 1. The van der Waals surface area contributed by atoms with Gasteiger partial charge in [0.2, 0.25) is 0 Å². The van der Waals surface area contributed by atoms with Gasteiger partial charge in [0.05, 0.1) is 12.0 Å². The lowest BCUT2D eigenvalue weighted by molar-refractivity contribution is -0.138. The number of carbonyl (C=O) groups is 2. The second kappa shape index (κ2) is 7.82. The number of rotatable bonds is 7. The molecule has 0 bridgehead atoms. The van der Waals surface area contributed by atoms with Crippen molar-refractivity contribution < 1.29 is 19.4 Å². The highest BCUT2D eigenvalue weighted by Gasteiger charge is 2.31. The van der Waals surface area contributed by atoms with Crippen molar-refractivity contribution in [3.8, 4) is 0 Å². The second-order valence-electron chi connectivity index (χ2n) is 6.31.